The third kappa shape index (κ3) is 3.44. The molecule has 0 fully saturated rings. The molecular formula is C17H11Cl2NO2S. The van der Waals surface area contributed by atoms with E-state index in [9.17, 15) is 10.1 Å². The molecule has 23 heavy (non-hydrogen) atoms. The monoisotopic (exact) mass is 363 g/mol. The van der Waals surface area contributed by atoms with Gasteiger partial charge in [0, 0.05) is 21.0 Å². The van der Waals surface area contributed by atoms with E-state index < -0.39 is 5.25 Å². The van der Waals surface area contributed by atoms with Gasteiger partial charge in [-0.1, -0.05) is 53.5 Å². The summed E-state index contributed by atoms with van der Waals surface area (Å²) in [7, 11) is 0. The molecule has 1 heterocycles. The van der Waals surface area contributed by atoms with Crippen LogP contribution >= 0.6 is 35.0 Å². The first-order chi connectivity index (χ1) is 11.1. The maximum absolute atomic E-state index is 11.4. The molecule has 0 saturated heterocycles. The Morgan fingerprint density at radius 1 is 1.00 bits per heavy atom. The molecule has 0 spiro atoms. The van der Waals surface area contributed by atoms with E-state index in [0.717, 1.165) is 16.0 Å². The second-order valence-electron chi connectivity index (χ2n) is 4.91. The predicted molar refractivity (Wildman–Crippen MR) is 96.3 cm³/mol. The fourth-order valence-corrected chi connectivity index (χ4v) is 4.05. The normalized spacial score (nSPS) is 17.4. The van der Waals surface area contributed by atoms with Gasteiger partial charge in [0.05, 0.1) is 4.92 Å². The summed E-state index contributed by atoms with van der Waals surface area (Å²) in [6, 6.07) is 14.6. The van der Waals surface area contributed by atoms with Gasteiger partial charge in [-0.2, -0.15) is 0 Å². The van der Waals surface area contributed by atoms with E-state index in [1.165, 1.54) is 11.8 Å². The number of hydrogen-bond donors (Lipinski definition) is 0. The molecule has 0 amide bonds. The van der Waals surface area contributed by atoms with Crippen LogP contribution in [0, 0.1) is 10.1 Å². The Kier molecular flexibility index (Phi) is 4.76. The average molecular weight is 364 g/mol. The van der Waals surface area contributed by atoms with Crippen LogP contribution in [0.5, 0.6) is 0 Å². The van der Waals surface area contributed by atoms with Crippen LogP contribution in [0.2, 0.25) is 10.0 Å². The van der Waals surface area contributed by atoms with Crippen LogP contribution in [0.4, 0.5) is 0 Å². The predicted octanol–water partition coefficient (Wildman–Crippen LogP) is 5.98. The number of rotatable bonds is 3. The van der Waals surface area contributed by atoms with Gasteiger partial charge in [0.1, 0.15) is 5.25 Å². The zero-order valence-electron chi connectivity index (χ0n) is 11.8. The van der Waals surface area contributed by atoms with Crippen molar-refractivity contribution in [3.05, 3.63) is 97.7 Å². The van der Waals surface area contributed by atoms with Gasteiger partial charge < -0.3 is 0 Å². The molecule has 1 aliphatic heterocycles. The molecule has 0 saturated carbocycles. The lowest BCUT2D eigenvalue weighted by Crippen LogP contribution is -2.10. The Hall–Kier alpha value is -1.75. The van der Waals surface area contributed by atoms with Crippen LogP contribution in [0.3, 0.4) is 0 Å². The number of nitro groups is 1. The van der Waals surface area contributed by atoms with Crippen molar-refractivity contribution in [3.8, 4) is 0 Å². The number of thioether (sulfide) groups is 1. The molecule has 2 aromatic rings. The molecule has 3 rings (SSSR count). The van der Waals surface area contributed by atoms with Crippen LogP contribution in [0.15, 0.2) is 66.4 Å². The zero-order valence-corrected chi connectivity index (χ0v) is 14.1. The average Bonchev–Trinajstić information content (AvgIpc) is 2.55. The summed E-state index contributed by atoms with van der Waals surface area (Å²) in [6.07, 6.45) is 3.31. The Bertz CT molecular complexity index is 816. The lowest BCUT2D eigenvalue weighted by molar-refractivity contribution is -0.427. The minimum atomic E-state index is -0.450. The third-order valence-electron chi connectivity index (χ3n) is 3.45. The van der Waals surface area contributed by atoms with Crippen molar-refractivity contribution in [2.24, 2.45) is 0 Å². The summed E-state index contributed by atoms with van der Waals surface area (Å²) in [6.45, 7) is 0. The first-order valence-corrected chi connectivity index (χ1v) is 8.43. The first-order valence-electron chi connectivity index (χ1n) is 6.79. The van der Waals surface area contributed by atoms with Crippen LogP contribution in [0.1, 0.15) is 16.4 Å². The first kappa shape index (κ1) is 16.1. The molecule has 1 atom stereocenters. The minimum Gasteiger partial charge on any atom is -0.259 e. The third-order valence-corrected chi connectivity index (χ3v) is 5.40. The smallest absolute Gasteiger partial charge is 0.259 e. The van der Waals surface area contributed by atoms with Crippen molar-refractivity contribution in [2.75, 3.05) is 0 Å². The Labute approximate surface area is 147 Å². The van der Waals surface area contributed by atoms with Gasteiger partial charge in [0.25, 0.3) is 5.70 Å². The van der Waals surface area contributed by atoms with Crippen molar-refractivity contribution in [1.82, 2.24) is 0 Å². The van der Waals surface area contributed by atoms with Crippen LogP contribution < -0.4 is 0 Å². The highest BCUT2D eigenvalue weighted by molar-refractivity contribution is 8.08. The number of halogens is 2. The molecule has 2 aromatic carbocycles. The van der Waals surface area contributed by atoms with E-state index in [0.29, 0.717) is 10.0 Å². The molecule has 0 aliphatic carbocycles. The Balaban J connectivity index is 2.02. The van der Waals surface area contributed by atoms with Crippen LogP contribution in [-0.4, -0.2) is 4.92 Å². The van der Waals surface area contributed by atoms with Gasteiger partial charge in [0.15, 0.2) is 0 Å². The highest BCUT2D eigenvalue weighted by Crippen LogP contribution is 2.48. The summed E-state index contributed by atoms with van der Waals surface area (Å²) in [5.41, 5.74) is 1.83. The van der Waals surface area contributed by atoms with E-state index in [2.05, 4.69) is 0 Å². The van der Waals surface area contributed by atoms with Crippen molar-refractivity contribution < 1.29 is 4.92 Å². The number of benzene rings is 2. The van der Waals surface area contributed by atoms with Gasteiger partial charge in [-0.3, -0.25) is 10.1 Å². The van der Waals surface area contributed by atoms with Crippen LogP contribution in [0.25, 0.3) is 4.91 Å². The molecule has 6 heteroatoms. The van der Waals surface area contributed by atoms with Gasteiger partial charge in [-0.25, -0.2) is 0 Å². The summed E-state index contributed by atoms with van der Waals surface area (Å²) in [4.78, 5) is 12.0. The largest absolute Gasteiger partial charge is 0.263 e. The van der Waals surface area contributed by atoms with Crippen molar-refractivity contribution >= 4 is 39.9 Å². The van der Waals surface area contributed by atoms with Crippen LogP contribution in [-0.2, 0) is 0 Å². The summed E-state index contributed by atoms with van der Waals surface area (Å²) in [5.74, 6) is 0. The zero-order chi connectivity index (χ0) is 16.4. The highest BCUT2D eigenvalue weighted by atomic mass is 35.5. The van der Waals surface area contributed by atoms with E-state index in [1.807, 2.05) is 30.3 Å². The van der Waals surface area contributed by atoms with E-state index >= 15 is 0 Å². The van der Waals surface area contributed by atoms with E-state index in [4.69, 9.17) is 23.2 Å². The fourth-order valence-electron chi connectivity index (χ4n) is 2.32. The lowest BCUT2D eigenvalue weighted by atomic mass is 10.1. The van der Waals surface area contributed by atoms with Gasteiger partial charge in [0.2, 0.25) is 0 Å². The van der Waals surface area contributed by atoms with Crippen molar-refractivity contribution in [1.29, 1.82) is 0 Å². The molecule has 3 nitrogen and oxygen atoms in total. The molecular weight excluding hydrogens is 353 g/mol. The maximum Gasteiger partial charge on any atom is 0.263 e. The molecule has 0 aromatic heterocycles. The fraction of sp³-hybridized carbons (Fsp3) is 0.0588. The minimum absolute atomic E-state index is 0.126. The number of hydrogen-bond acceptors (Lipinski definition) is 3. The topological polar surface area (TPSA) is 43.1 Å². The second kappa shape index (κ2) is 6.79. The van der Waals surface area contributed by atoms with Crippen molar-refractivity contribution in [2.45, 2.75) is 5.25 Å². The SMILES string of the molecule is O=[N+]([O-])C1=CC=C(c2ccc(Cl)cc2)S[C@@H]1c1ccccc1Cl. The van der Waals surface area contributed by atoms with E-state index in [1.54, 1.807) is 30.4 Å². The van der Waals surface area contributed by atoms with Crippen molar-refractivity contribution in [3.63, 3.8) is 0 Å². The standard InChI is InChI=1S/C17H11Cl2NO2S/c18-12-7-5-11(6-8-12)16-10-9-15(20(21)22)17(23-16)13-3-1-2-4-14(13)19/h1-10,17H/t17-/m1/s1. The molecule has 0 unspecified atom stereocenters. The maximum atomic E-state index is 11.4. The van der Waals surface area contributed by atoms with Gasteiger partial charge >= 0.3 is 0 Å². The highest BCUT2D eigenvalue weighted by Gasteiger charge is 2.32. The molecule has 0 N–H and O–H groups in total. The summed E-state index contributed by atoms with van der Waals surface area (Å²) in [5, 5.41) is 12.1. The Morgan fingerprint density at radius 3 is 2.35 bits per heavy atom. The second-order valence-corrected chi connectivity index (χ2v) is 6.90. The van der Waals surface area contributed by atoms with E-state index in [-0.39, 0.29) is 10.6 Å². The number of nitrogens with zero attached hydrogens (tertiary/aromatic N) is 1. The van der Waals surface area contributed by atoms with Gasteiger partial charge in [-0.15, -0.1) is 11.8 Å². The summed E-state index contributed by atoms with van der Waals surface area (Å²) >= 11 is 13.6. The molecule has 1 aliphatic rings. The lowest BCUT2D eigenvalue weighted by Gasteiger charge is -2.20. The van der Waals surface area contributed by atoms with Gasteiger partial charge in [-0.05, 0) is 35.4 Å². The molecule has 116 valence electrons. The summed E-state index contributed by atoms with van der Waals surface area (Å²) < 4.78 is 0. The Morgan fingerprint density at radius 2 is 1.70 bits per heavy atom. The molecule has 0 bridgehead atoms. The molecule has 0 radical (unpaired) electrons. The number of allylic oxidation sites excluding steroid dienone is 2. The quantitative estimate of drug-likeness (QED) is 0.497.